The van der Waals surface area contributed by atoms with Crippen molar-refractivity contribution in [1.82, 2.24) is 4.90 Å². The van der Waals surface area contributed by atoms with E-state index in [0.717, 1.165) is 18.8 Å². The lowest BCUT2D eigenvalue weighted by atomic mass is 9.77. The molecule has 1 saturated carbocycles. The second-order valence-corrected chi connectivity index (χ2v) is 6.00. The minimum atomic E-state index is 0.205. The lowest BCUT2D eigenvalue weighted by Crippen LogP contribution is -2.51. The molecule has 1 aliphatic carbocycles. The number of hydrogen-bond donors (Lipinski definition) is 0. The van der Waals surface area contributed by atoms with Crippen molar-refractivity contribution in [1.29, 1.82) is 5.26 Å². The molecule has 0 bridgehead atoms. The van der Waals surface area contributed by atoms with Crippen molar-refractivity contribution in [3.8, 4) is 6.07 Å². The van der Waals surface area contributed by atoms with Gasteiger partial charge in [0.05, 0.1) is 12.0 Å². The van der Waals surface area contributed by atoms with Gasteiger partial charge in [0, 0.05) is 11.6 Å². The van der Waals surface area contributed by atoms with E-state index >= 15 is 0 Å². The van der Waals surface area contributed by atoms with Gasteiger partial charge >= 0.3 is 0 Å². The maximum atomic E-state index is 9.26. The van der Waals surface area contributed by atoms with Crippen LogP contribution in [0.3, 0.4) is 0 Å². The normalized spacial score (nSPS) is 31.4. The van der Waals surface area contributed by atoms with E-state index in [-0.39, 0.29) is 11.5 Å². The van der Waals surface area contributed by atoms with Gasteiger partial charge in [-0.05, 0) is 52.5 Å². The lowest BCUT2D eigenvalue weighted by molar-refractivity contribution is 0.0430. The molecule has 2 nitrogen and oxygen atoms in total. The van der Waals surface area contributed by atoms with Gasteiger partial charge < -0.3 is 0 Å². The SMILES string of the molecule is CCC(C)(C)N(C)C1CC(C)CCC1C#N. The predicted molar refractivity (Wildman–Crippen MR) is 68.0 cm³/mol. The van der Waals surface area contributed by atoms with Gasteiger partial charge in [-0.3, -0.25) is 4.90 Å². The van der Waals surface area contributed by atoms with Crippen LogP contribution >= 0.6 is 0 Å². The summed E-state index contributed by atoms with van der Waals surface area (Å²) >= 11 is 0. The number of nitrogens with zero attached hydrogens (tertiary/aromatic N) is 2. The quantitative estimate of drug-likeness (QED) is 0.731. The molecule has 0 radical (unpaired) electrons. The Kier molecular flexibility index (Phi) is 4.38. The van der Waals surface area contributed by atoms with E-state index in [0.29, 0.717) is 6.04 Å². The number of nitriles is 1. The Labute approximate surface area is 101 Å². The van der Waals surface area contributed by atoms with Crippen LogP contribution in [0, 0.1) is 23.2 Å². The first kappa shape index (κ1) is 13.5. The van der Waals surface area contributed by atoms with E-state index in [1.54, 1.807) is 0 Å². The summed E-state index contributed by atoms with van der Waals surface area (Å²) in [6.45, 7) is 9.10. The van der Waals surface area contributed by atoms with E-state index in [4.69, 9.17) is 0 Å². The zero-order chi connectivity index (χ0) is 12.3. The first-order valence-corrected chi connectivity index (χ1v) is 6.55. The maximum Gasteiger partial charge on any atom is 0.0672 e. The Morgan fingerprint density at radius 2 is 2.00 bits per heavy atom. The summed E-state index contributed by atoms with van der Waals surface area (Å²) in [6, 6.07) is 2.96. The second-order valence-electron chi connectivity index (χ2n) is 6.00. The summed E-state index contributed by atoms with van der Waals surface area (Å²) in [4.78, 5) is 2.44. The summed E-state index contributed by atoms with van der Waals surface area (Å²) in [5.74, 6) is 0.997. The first-order chi connectivity index (χ1) is 7.42. The average Bonchev–Trinajstić information content (AvgIpc) is 2.28. The van der Waals surface area contributed by atoms with Crippen LogP contribution in [0.4, 0.5) is 0 Å². The summed E-state index contributed by atoms with van der Waals surface area (Å²) < 4.78 is 0. The molecule has 0 aromatic rings. The highest BCUT2D eigenvalue weighted by Crippen LogP contribution is 2.34. The third-order valence-corrected chi connectivity index (χ3v) is 4.56. The second kappa shape index (κ2) is 5.19. The van der Waals surface area contributed by atoms with E-state index in [1.807, 2.05) is 0 Å². The summed E-state index contributed by atoms with van der Waals surface area (Å²) in [5.41, 5.74) is 0.205. The standard InChI is InChI=1S/C14H26N2/c1-6-14(3,4)16(5)13-9-11(2)7-8-12(13)10-15/h11-13H,6-9H2,1-5H3. The highest BCUT2D eigenvalue weighted by molar-refractivity contribution is 4.99. The van der Waals surface area contributed by atoms with Gasteiger partial charge in [-0.25, -0.2) is 0 Å². The summed E-state index contributed by atoms with van der Waals surface area (Å²) in [6.07, 6.45) is 4.60. The van der Waals surface area contributed by atoms with Crippen LogP contribution < -0.4 is 0 Å². The molecule has 0 saturated heterocycles. The largest absolute Gasteiger partial charge is 0.297 e. The molecule has 0 aliphatic heterocycles. The molecule has 3 unspecified atom stereocenters. The van der Waals surface area contributed by atoms with E-state index in [1.165, 1.54) is 12.8 Å². The van der Waals surface area contributed by atoms with Crippen LogP contribution in [0.15, 0.2) is 0 Å². The Morgan fingerprint density at radius 3 is 2.50 bits per heavy atom. The minimum Gasteiger partial charge on any atom is -0.297 e. The van der Waals surface area contributed by atoms with Gasteiger partial charge in [0.15, 0.2) is 0 Å². The monoisotopic (exact) mass is 222 g/mol. The molecule has 1 fully saturated rings. The van der Waals surface area contributed by atoms with Gasteiger partial charge in [0.1, 0.15) is 0 Å². The Hall–Kier alpha value is -0.550. The fourth-order valence-electron chi connectivity index (χ4n) is 2.63. The molecule has 0 aromatic heterocycles. The molecule has 0 aromatic carbocycles. The van der Waals surface area contributed by atoms with E-state index in [9.17, 15) is 5.26 Å². The molecule has 0 amide bonds. The smallest absolute Gasteiger partial charge is 0.0672 e. The predicted octanol–water partition coefficient (Wildman–Crippen LogP) is 3.44. The van der Waals surface area contributed by atoms with Gasteiger partial charge in [-0.15, -0.1) is 0 Å². The zero-order valence-electron chi connectivity index (χ0n) is 11.5. The van der Waals surface area contributed by atoms with Crippen molar-refractivity contribution in [3.63, 3.8) is 0 Å². The van der Waals surface area contributed by atoms with Crippen molar-refractivity contribution in [2.75, 3.05) is 7.05 Å². The van der Waals surface area contributed by atoms with Gasteiger partial charge in [-0.1, -0.05) is 13.8 Å². The van der Waals surface area contributed by atoms with E-state index < -0.39 is 0 Å². The fraction of sp³-hybridized carbons (Fsp3) is 0.929. The van der Waals surface area contributed by atoms with Crippen LogP contribution in [0.25, 0.3) is 0 Å². The Bertz CT molecular complexity index is 264. The van der Waals surface area contributed by atoms with Gasteiger partial charge in [0.25, 0.3) is 0 Å². The summed E-state index contributed by atoms with van der Waals surface area (Å²) in [7, 11) is 2.19. The van der Waals surface area contributed by atoms with Crippen LogP contribution in [-0.4, -0.2) is 23.5 Å². The average molecular weight is 222 g/mol. The van der Waals surface area contributed by atoms with Crippen LogP contribution in [0.1, 0.15) is 53.4 Å². The van der Waals surface area contributed by atoms with Crippen molar-refractivity contribution in [2.24, 2.45) is 11.8 Å². The van der Waals surface area contributed by atoms with Gasteiger partial charge in [-0.2, -0.15) is 5.26 Å². The topological polar surface area (TPSA) is 27.0 Å². The molecule has 0 heterocycles. The van der Waals surface area contributed by atoms with Crippen LogP contribution in [0.2, 0.25) is 0 Å². The minimum absolute atomic E-state index is 0.205. The molecular weight excluding hydrogens is 196 g/mol. The van der Waals surface area contributed by atoms with Crippen molar-refractivity contribution in [3.05, 3.63) is 0 Å². The fourth-order valence-corrected chi connectivity index (χ4v) is 2.63. The molecule has 3 atom stereocenters. The molecule has 16 heavy (non-hydrogen) atoms. The van der Waals surface area contributed by atoms with Crippen LogP contribution in [-0.2, 0) is 0 Å². The lowest BCUT2D eigenvalue weighted by Gasteiger charge is -2.45. The van der Waals surface area contributed by atoms with Crippen molar-refractivity contribution in [2.45, 2.75) is 65.0 Å². The number of rotatable bonds is 3. The van der Waals surface area contributed by atoms with Gasteiger partial charge in [0.2, 0.25) is 0 Å². The number of hydrogen-bond acceptors (Lipinski definition) is 2. The molecule has 0 spiro atoms. The zero-order valence-corrected chi connectivity index (χ0v) is 11.5. The van der Waals surface area contributed by atoms with E-state index in [2.05, 4.69) is 45.7 Å². The maximum absolute atomic E-state index is 9.26. The highest BCUT2D eigenvalue weighted by atomic mass is 15.2. The molecule has 1 rings (SSSR count). The molecule has 2 heteroatoms. The Morgan fingerprint density at radius 1 is 1.38 bits per heavy atom. The third kappa shape index (κ3) is 2.77. The van der Waals surface area contributed by atoms with Crippen molar-refractivity contribution < 1.29 is 0 Å². The molecule has 1 aliphatic rings. The molecule has 0 N–H and O–H groups in total. The molecule has 92 valence electrons. The highest BCUT2D eigenvalue weighted by Gasteiger charge is 2.36. The van der Waals surface area contributed by atoms with Crippen molar-refractivity contribution >= 4 is 0 Å². The molecular formula is C14H26N2. The van der Waals surface area contributed by atoms with Crippen LogP contribution in [0.5, 0.6) is 0 Å². The summed E-state index contributed by atoms with van der Waals surface area (Å²) in [5, 5.41) is 9.26. The third-order valence-electron chi connectivity index (χ3n) is 4.56. The Balaban J connectivity index is 2.79. The first-order valence-electron chi connectivity index (χ1n) is 6.55.